The van der Waals surface area contributed by atoms with Crippen molar-refractivity contribution in [2.24, 2.45) is 0 Å². The molecule has 0 aliphatic carbocycles. The Labute approximate surface area is 192 Å². The number of hydrogen-bond acceptors (Lipinski definition) is 5. The molecule has 174 valence electrons. The molecule has 0 bridgehead atoms. The maximum absolute atomic E-state index is 13.3. The number of ether oxygens (including phenoxy) is 2. The minimum Gasteiger partial charge on any atom is -0.465 e. The molecule has 0 unspecified atom stereocenters. The lowest BCUT2D eigenvalue weighted by molar-refractivity contribution is -0.181. The summed E-state index contributed by atoms with van der Waals surface area (Å²) >= 11 is 0. The highest BCUT2D eigenvalue weighted by molar-refractivity contribution is 5.99. The van der Waals surface area contributed by atoms with Gasteiger partial charge in [0, 0.05) is 6.54 Å². The van der Waals surface area contributed by atoms with Gasteiger partial charge in [0.15, 0.2) is 6.04 Å². The SMILES string of the molecule is C[C@@H](OCc1ccccc1)[C@@H](C(=O)OCc1ccccc1)N1C[C@]2(CCCN2C(=O)O)C1=O. The van der Waals surface area contributed by atoms with Gasteiger partial charge in [-0.15, -0.1) is 0 Å². The Hall–Kier alpha value is -3.39. The molecular formula is C25H28N2O6. The number of esters is 1. The molecule has 2 amide bonds. The number of carbonyl (C=O) groups is 3. The van der Waals surface area contributed by atoms with E-state index in [-0.39, 0.29) is 25.7 Å². The zero-order valence-corrected chi connectivity index (χ0v) is 18.6. The number of benzene rings is 2. The van der Waals surface area contributed by atoms with Gasteiger partial charge in [0.2, 0.25) is 0 Å². The summed E-state index contributed by atoms with van der Waals surface area (Å²) in [5.74, 6) is -0.929. The van der Waals surface area contributed by atoms with Crippen LogP contribution in [0, 0.1) is 0 Å². The number of amides is 2. The quantitative estimate of drug-likeness (QED) is 0.489. The van der Waals surface area contributed by atoms with Gasteiger partial charge in [-0.25, -0.2) is 9.59 Å². The van der Waals surface area contributed by atoms with E-state index in [4.69, 9.17) is 9.47 Å². The van der Waals surface area contributed by atoms with Gasteiger partial charge in [0.25, 0.3) is 5.91 Å². The Balaban J connectivity index is 1.49. The first-order valence-electron chi connectivity index (χ1n) is 11.1. The second-order valence-electron chi connectivity index (χ2n) is 8.54. The van der Waals surface area contributed by atoms with Crippen LogP contribution in [0.3, 0.4) is 0 Å². The molecule has 33 heavy (non-hydrogen) atoms. The van der Waals surface area contributed by atoms with Crippen LogP contribution in [0.2, 0.25) is 0 Å². The second-order valence-corrected chi connectivity index (χ2v) is 8.54. The van der Waals surface area contributed by atoms with Gasteiger partial charge in [-0.2, -0.15) is 0 Å². The minimum absolute atomic E-state index is 0.0794. The van der Waals surface area contributed by atoms with Crippen LogP contribution in [0.5, 0.6) is 0 Å². The van der Waals surface area contributed by atoms with E-state index in [1.54, 1.807) is 6.92 Å². The summed E-state index contributed by atoms with van der Waals surface area (Å²) in [6, 6.07) is 17.9. The van der Waals surface area contributed by atoms with Crippen molar-refractivity contribution in [3.8, 4) is 0 Å². The monoisotopic (exact) mass is 452 g/mol. The molecule has 0 radical (unpaired) electrons. The van der Waals surface area contributed by atoms with E-state index >= 15 is 0 Å². The molecule has 4 rings (SSSR count). The number of likely N-dealkylation sites (tertiary alicyclic amines) is 2. The van der Waals surface area contributed by atoms with Crippen LogP contribution in [-0.4, -0.2) is 63.7 Å². The molecule has 1 N–H and O–H groups in total. The highest BCUT2D eigenvalue weighted by atomic mass is 16.5. The number of β-lactam (4-membered cyclic amide) rings is 1. The molecule has 2 aliphatic rings. The summed E-state index contributed by atoms with van der Waals surface area (Å²) < 4.78 is 11.5. The van der Waals surface area contributed by atoms with Crippen molar-refractivity contribution < 1.29 is 29.0 Å². The maximum Gasteiger partial charge on any atom is 0.408 e. The zero-order chi connectivity index (χ0) is 23.4. The Morgan fingerprint density at radius 3 is 2.21 bits per heavy atom. The van der Waals surface area contributed by atoms with Gasteiger partial charge in [0.1, 0.15) is 12.1 Å². The topological polar surface area (TPSA) is 96.4 Å². The van der Waals surface area contributed by atoms with Gasteiger partial charge in [-0.1, -0.05) is 60.7 Å². The van der Waals surface area contributed by atoms with E-state index in [0.29, 0.717) is 19.4 Å². The predicted octanol–water partition coefficient (Wildman–Crippen LogP) is 3.06. The Morgan fingerprint density at radius 1 is 1.03 bits per heavy atom. The summed E-state index contributed by atoms with van der Waals surface area (Å²) in [5, 5.41) is 9.53. The molecule has 8 nitrogen and oxygen atoms in total. The molecule has 1 spiro atoms. The van der Waals surface area contributed by atoms with Crippen molar-refractivity contribution in [3.05, 3.63) is 71.8 Å². The van der Waals surface area contributed by atoms with E-state index in [1.807, 2.05) is 60.7 Å². The van der Waals surface area contributed by atoms with Crippen molar-refractivity contribution in [2.75, 3.05) is 13.1 Å². The number of hydrogen-bond donors (Lipinski definition) is 1. The normalized spacial score (nSPS) is 21.5. The Kier molecular flexibility index (Phi) is 6.65. The Morgan fingerprint density at radius 2 is 1.64 bits per heavy atom. The van der Waals surface area contributed by atoms with E-state index in [0.717, 1.165) is 11.1 Å². The standard InChI is InChI=1S/C25H28N2O6/c1-18(32-15-19-9-4-2-5-10-19)21(22(28)33-16-20-11-6-3-7-12-20)26-17-25(23(26)29)13-8-14-27(25)24(30)31/h2-7,9-12,18,21H,8,13-17H2,1H3,(H,30,31)/t18-,21+,25-/m1/s1. The summed E-state index contributed by atoms with van der Waals surface area (Å²) in [6.45, 7) is 2.56. The van der Waals surface area contributed by atoms with Gasteiger partial charge in [0.05, 0.1) is 19.3 Å². The van der Waals surface area contributed by atoms with Gasteiger partial charge >= 0.3 is 12.1 Å². The van der Waals surface area contributed by atoms with Crippen molar-refractivity contribution in [3.63, 3.8) is 0 Å². The van der Waals surface area contributed by atoms with Crippen LogP contribution in [0.15, 0.2) is 60.7 Å². The first kappa shape index (κ1) is 22.8. The molecule has 8 heteroatoms. The third kappa shape index (κ3) is 4.57. The average Bonchev–Trinajstić information content (AvgIpc) is 3.29. The van der Waals surface area contributed by atoms with Crippen LogP contribution < -0.4 is 0 Å². The lowest BCUT2D eigenvalue weighted by Gasteiger charge is -2.53. The lowest BCUT2D eigenvalue weighted by atomic mass is 9.83. The first-order valence-corrected chi connectivity index (χ1v) is 11.1. The van der Waals surface area contributed by atoms with Crippen LogP contribution in [-0.2, 0) is 32.3 Å². The lowest BCUT2D eigenvalue weighted by Crippen LogP contribution is -2.76. The first-order chi connectivity index (χ1) is 15.9. The van der Waals surface area contributed by atoms with E-state index in [1.165, 1.54) is 9.80 Å². The maximum atomic E-state index is 13.3. The van der Waals surface area contributed by atoms with E-state index in [9.17, 15) is 19.5 Å². The molecule has 2 aromatic rings. The third-order valence-electron chi connectivity index (χ3n) is 6.41. The largest absolute Gasteiger partial charge is 0.465 e. The summed E-state index contributed by atoms with van der Waals surface area (Å²) in [7, 11) is 0. The average molecular weight is 453 g/mol. The molecule has 0 saturated carbocycles. The second kappa shape index (κ2) is 9.62. The molecule has 0 aromatic heterocycles. The van der Waals surface area contributed by atoms with Crippen molar-refractivity contribution in [1.29, 1.82) is 0 Å². The molecular weight excluding hydrogens is 424 g/mol. The molecule has 3 atom stereocenters. The molecule has 2 heterocycles. The summed E-state index contributed by atoms with van der Waals surface area (Å²) in [5.41, 5.74) is 0.699. The number of rotatable bonds is 8. The van der Waals surface area contributed by atoms with E-state index in [2.05, 4.69) is 0 Å². The van der Waals surface area contributed by atoms with Crippen molar-refractivity contribution in [1.82, 2.24) is 9.80 Å². The zero-order valence-electron chi connectivity index (χ0n) is 18.6. The fourth-order valence-electron chi connectivity index (χ4n) is 4.65. The summed E-state index contributed by atoms with van der Waals surface area (Å²) in [6.07, 6.45) is -0.680. The minimum atomic E-state index is -1.11. The van der Waals surface area contributed by atoms with Crippen molar-refractivity contribution in [2.45, 2.75) is 50.7 Å². The number of carbonyl (C=O) groups excluding carboxylic acids is 2. The highest BCUT2D eigenvalue weighted by Gasteiger charge is 2.62. The smallest absolute Gasteiger partial charge is 0.408 e. The number of nitrogens with zero attached hydrogens (tertiary/aromatic N) is 2. The van der Waals surface area contributed by atoms with E-state index < -0.39 is 29.7 Å². The molecule has 2 saturated heterocycles. The fourth-order valence-corrected chi connectivity index (χ4v) is 4.65. The predicted molar refractivity (Wildman–Crippen MR) is 119 cm³/mol. The van der Waals surface area contributed by atoms with Crippen molar-refractivity contribution >= 4 is 18.0 Å². The fraction of sp³-hybridized carbons (Fsp3) is 0.400. The van der Waals surface area contributed by atoms with Crippen LogP contribution in [0.25, 0.3) is 0 Å². The summed E-state index contributed by atoms with van der Waals surface area (Å²) in [4.78, 5) is 40.7. The highest BCUT2D eigenvalue weighted by Crippen LogP contribution is 2.40. The van der Waals surface area contributed by atoms with Gasteiger partial charge in [-0.3, -0.25) is 9.69 Å². The van der Waals surface area contributed by atoms with Gasteiger partial charge < -0.3 is 19.5 Å². The number of carboxylic acid groups (broad SMARTS) is 1. The van der Waals surface area contributed by atoms with Gasteiger partial charge in [-0.05, 0) is 30.9 Å². The molecule has 2 aromatic carbocycles. The third-order valence-corrected chi connectivity index (χ3v) is 6.41. The Bertz CT molecular complexity index is 998. The van der Waals surface area contributed by atoms with Crippen LogP contribution in [0.1, 0.15) is 30.9 Å². The van der Waals surface area contributed by atoms with Crippen LogP contribution in [0.4, 0.5) is 4.79 Å². The molecule has 2 fully saturated rings. The molecule has 2 aliphatic heterocycles. The van der Waals surface area contributed by atoms with Crippen LogP contribution >= 0.6 is 0 Å².